The Balaban J connectivity index is 1.31. The Labute approximate surface area is 578 Å². The molecule has 32 heteroatoms. The molecule has 12 unspecified atom stereocenters. The summed E-state index contributed by atoms with van der Waals surface area (Å²) in [6, 6.07) is 16.4. The molecule has 2 heterocycles. The molecule has 2 aliphatic heterocycles. The summed E-state index contributed by atoms with van der Waals surface area (Å²) in [6.45, 7) is 5.95. The Morgan fingerprint density at radius 3 is 1.46 bits per heavy atom. The summed E-state index contributed by atoms with van der Waals surface area (Å²) in [5.74, 6) is -25.6. The Morgan fingerprint density at radius 1 is 0.590 bits per heavy atom. The summed E-state index contributed by atoms with van der Waals surface area (Å²) in [5, 5.41) is 46.3. The van der Waals surface area contributed by atoms with Crippen molar-refractivity contribution in [3.63, 3.8) is 0 Å². The lowest BCUT2D eigenvalue weighted by Gasteiger charge is -2.35. The molecule has 4 aromatic carbocycles. The van der Waals surface area contributed by atoms with Crippen molar-refractivity contribution in [3.05, 3.63) is 106 Å². The molecule has 100 heavy (non-hydrogen) atoms. The number of ether oxygens (including phenoxy) is 8. The van der Waals surface area contributed by atoms with Gasteiger partial charge in [0.1, 0.15) is 32.8 Å². The molecular weight excluding hydrogens is 1350 g/mol. The molecule has 0 aromatic heterocycles. The lowest BCUT2D eigenvalue weighted by Crippen LogP contribution is -2.48. The minimum atomic E-state index is -4.65. The maximum atomic E-state index is 15.2. The minimum Gasteiger partial charge on any atom is -0.507 e. The summed E-state index contributed by atoms with van der Waals surface area (Å²) >= 11 is 0. The highest BCUT2D eigenvalue weighted by Crippen LogP contribution is 2.43. The second-order valence-corrected chi connectivity index (χ2v) is 27.6. The number of carboxylic acids is 2. The van der Waals surface area contributed by atoms with Gasteiger partial charge in [-0.15, -0.1) is 0 Å². The highest BCUT2D eigenvalue weighted by molar-refractivity contribution is 7.90. The maximum Gasteiger partial charge on any atom is 0.320 e. The average Bonchev–Trinajstić information content (AvgIpc) is 1.46. The maximum absolute atomic E-state index is 15.2. The number of rotatable bonds is 40. The smallest absolute Gasteiger partial charge is 0.320 e. The molecule has 3 amide bonds. The highest BCUT2D eigenvalue weighted by atomic mass is 32.2. The summed E-state index contributed by atoms with van der Waals surface area (Å²) in [4.78, 5) is 139. The lowest BCUT2D eigenvalue weighted by molar-refractivity contribution is -0.168. The van der Waals surface area contributed by atoms with Gasteiger partial charge in [-0.1, -0.05) is 73.5 Å². The van der Waals surface area contributed by atoms with E-state index in [1.165, 1.54) is 45.2 Å². The van der Waals surface area contributed by atoms with Crippen molar-refractivity contribution in [2.24, 2.45) is 47.3 Å². The summed E-state index contributed by atoms with van der Waals surface area (Å²) < 4.78 is 104. The van der Waals surface area contributed by atoms with Gasteiger partial charge in [-0.05, 0) is 71.4 Å². The Kier molecular flexibility index (Phi) is 28.5. The quantitative estimate of drug-likeness (QED) is 0.0108. The van der Waals surface area contributed by atoms with E-state index in [1.54, 1.807) is 45.0 Å². The number of cyclic esters (lactones) is 2. The standard InChI is InChI=1S/C68H86N4O26S2/c1-12-47(91-6)56(61(77)69-24-14-25-70-99(87,88)53-31-40(45(73)33-48(53)92-7)59(75)38-20-16-35(3)17-21-38)43(64(80)81)29-51(95-10)57-42(28-52(96-11)58(67(85)97-13-2)44(65(82)83)30-50(94-9)55-37(5)66(84)98-68(55)86)62(78)72(63(57)79)27-15-26-71-100(89,90)54-32-41(46(74)34-49(54)93-8)60(76)39-22-18-36(4)19-23-39/h16-23,31-34,37,42-44,47,50-52,55-58,70-71,73-74H,12-15,24-30H2,1-11H3,(H,69,77)(H,80,81)(H,82,83). The van der Waals surface area contributed by atoms with Crippen molar-refractivity contribution in [2.75, 3.05) is 75.4 Å². The Hall–Kier alpha value is -8.76. The predicted octanol–water partition coefficient (Wildman–Crippen LogP) is 4.12. The van der Waals surface area contributed by atoms with E-state index in [0.717, 1.165) is 75.8 Å². The van der Waals surface area contributed by atoms with Crippen LogP contribution in [-0.2, 0) is 86.8 Å². The van der Waals surface area contributed by atoms with Gasteiger partial charge in [-0.25, -0.2) is 26.3 Å². The number of imide groups is 1. The number of phenolic OH excluding ortho intramolecular Hbond substituents is 2. The number of hydrogen-bond acceptors (Lipinski definition) is 24. The van der Waals surface area contributed by atoms with Crippen molar-refractivity contribution >= 4 is 79.2 Å². The van der Waals surface area contributed by atoms with Crippen molar-refractivity contribution in [2.45, 2.75) is 107 Å². The minimum absolute atomic E-state index is 0.0164. The zero-order valence-corrected chi connectivity index (χ0v) is 58.8. The van der Waals surface area contributed by atoms with Crippen LogP contribution >= 0.6 is 0 Å². The van der Waals surface area contributed by atoms with Crippen LogP contribution in [0.2, 0.25) is 0 Å². The van der Waals surface area contributed by atoms with Crippen molar-refractivity contribution in [1.82, 2.24) is 19.7 Å². The zero-order chi connectivity index (χ0) is 74.2. The van der Waals surface area contributed by atoms with Crippen LogP contribution in [0.5, 0.6) is 23.0 Å². The number of ketones is 2. The average molecular weight is 1440 g/mol. The number of aliphatic carboxylic acids is 2. The first-order valence-electron chi connectivity index (χ1n) is 32.0. The zero-order valence-electron chi connectivity index (χ0n) is 57.2. The highest BCUT2D eigenvalue weighted by Gasteiger charge is 2.56. The van der Waals surface area contributed by atoms with E-state index in [4.69, 9.17) is 37.9 Å². The van der Waals surface area contributed by atoms with E-state index in [0.29, 0.717) is 0 Å². The predicted molar refractivity (Wildman–Crippen MR) is 352 cm³/mol. The Morgan fingerprint density at radius 2 is 1.05 bits per heavy atom. The fourth-order valence-corrected chi connectivity index (χ4v) is 15.1. The number of benzene rings is 4. The molecule has 0 saturated carbocycles. The molecular formula is C68H86N4O26S2. The van der Waals surface area contributed by atoms with Crippen LogP contribution in [0.3, 0.4) is 0 Å². The first kappa shape index (κ1) is 80.2. The normalized spacial score (nSPS) is 18.8. The third-order valence-electron chi connectivity index (χ3n) is 18.0. The number of aromatic hydroxyl groups is 2. The summed E-state index contributed by atoms with van der Waals surface area (Å²) in [7, 11) is -2.35. The molecule has 30 nitrogen and oxygen atoms in total. The van der Waals surface area contributed by atoms with E-state index in [1.807, 2.05) is 0 Å². The molecule has 7 N–H and O–H groups in total. The number of aryl methyl sites for hydroxylation is 2. The fraction of sp³-hybridized carbons (Fsp3) is 0.500. The van der Waals surface area contributed by atoms with E-state index >= 15 is 9.59 Å². The van der Waals surface area contributed by atoms with Gasteiger partial charge < -0.3 is 63.6 Å². The van der Waals surface area contributed by atoms with Gasteiger partial charge in [0.25, 0.3) is 0 Å². The number of hydrogen-bond donors (Lipinski definition) is 7. The number of methoxy groups -OCH3 is 6. The van der Waals surface area contributed by atoms with Gasteiger partial charge in [-0.2, -0.15) is 0 Å². The van der Waals surface area contributed by atoms with E-state index in [9.17, 15) is 75.6 Å². The van der Waals surface area contributed by atoms with Crippen molar-refractivity contribution in [3.8, 4) is 23.0 Å². The number of carbonyl (C=O) groups is 10. The summed E-state index contributed by atoms with van der Waals surface area (Å²) in [5.41, 5.74) is 1.24. The number of nitrogens with one attached hydrogen (secondary N) is 3. The number of amides is 3. The van der Waals surface area contributed by atoms with Gasteiger partial charge in [0.05, 0.1) is 104 Å². The monoisotopic (exact) mass is 1440 g/mol. The van der Waals surface area contributed by atoms with Gasteiger partial charge in [-0.3, -0.25) is 52.8 Å². The van der Waals surface area contributed by atoms with E-state index in [-0.39, 0.29) is 72.7 Å². The molecule has 2 saturated heterocycles. The second kappa shape index (κ2) is 35.5. The van der Waals surface area contributed by atoms with Crippen LogP contribution in [0.25, 0.3) is 0 Å². The van der Waals surface area contributed by atoms with E-state index in [2.05, 4.69) is 14.8 Å². The van der Waals surface area contributed by atoms with Gasteiger partial charge in [0, 0.05) is 77.9 Å². The molecule has 0 bridgehead atoms. The van der Waals surface area contributed by atoms with Gasteiger partial charge >= 0.3 is 29.8 Å². The number of likely N-dealkylation sites (tertiary alicyclic amines) is 1. The molecule has 6 rings (SSSR count). The molecule has 2 fully saturated rings. The number of sulfonamides is 2. The first-order valence-corrected chi connectivity index (χ1v) is 34.9. The molecule has 0 spiro atoms. The van der Waals surface area contributed by atoms with Crippen LogP contribution in [0.1, 0.15) is 102 Å². The number of nitrogens with zero attached hydrogens (tertiary/aromatic N) is 1. The molecule has 4 aromatic rings. The van der Waals surface area contributed by atoms with Crippen molar-refractivity contribution < 1.29 is 123 Å². The van der Waals surface area contributed by atoms with Gasteiger partial charge in [0.2, 0.25) is 37.8 Å². The molecule has 546 valence electrons. The lowest BCUT2D eigenvalue weighted by atomic mass is 9.74. The first-order chi connectivity index (χ1) is 47.3. The SMILES string of the molecule is CCOC(=O)C(C(CC1C(=O)N(CCCNS(=O)(=O)c2cc(C(=O)c3ccc(C)cc3)c(O)cc2OC)C(=O)C1C(CC(C(=O)O)C(C(=O)NCCCNS(=O)(=O)c1cc(C(=O)c2ccc(C)cc2)c(O)cc1OC)C(CC)OC)OC)OC)C(CC(OC)C1C(=O)OC(=O)C1C)C(=O)O. The van der Waals surface area contributed by atoms with Crippen molar-refractivity contribution in [1.29, 1.82) is 0 Å². The summed E-state index contributed by atoms with van der Waals surface area (Å²) in [6.07, 6.45) is -8.41. The van der Waals surface area contributed by atoms with E-state index < -0.39 is 205 Å². The number of carboxylic acid groups (broad SMARTS) is 2. The second-order valence-electron chi connectivity index (χ2n) is 24.1. The number of carbonyl (C=O) groups excluding carboxylic acids is 8. The largest absolute Gasteiger partial charge is 0.507 e. The van der Waals surface area contributed by atoms with Crippen LogP contribution in [0, 0.1) is 61.2 Å². The number of esters is 3. The molecule has 0 aliphatic carbocycles. The Bertz CT molecular complexity index is 3900. The van der Waals surface area contributed by atoms with Crippen LogP contribution in [0.4, 0.5) is 0 Å². The third-order valence-corrected chi connectivity index (χ3v) is 21.0. The molecule has 0 radical (unpaired) electrons. The molecule has 2 aliphatic rings. The third kappa shape index (κ3) is 18.6. The van der Waals surface area contributed by atoms with Crippen LogP contribution < -0.4 is 24.2 Å². The molecule has 12 atom stereocenters. The topological polar surface area (TPSA) is 433 Å². The van der Waals surface area contributed by atoms with Gasteiger partial charge in [0.15, 0.2) is 11.6 Å². The van der Waals surface area contributed by atoms with Crippen LogP contribution in [0.15, 0.2) is 82.6 Å². The fourth-order valence-electron chi connectivity index (χ4n) is 12.6. The van der Waals surface area contributed by atoms with Crippen LogP contribution in [-0.4, -0.2) is 201 Å². The number of phenols is 2.